The van der Waals surface area contributed by atoms with E-state index in [0.29, 0.717) is 0 Å². The number of carbonyl (C=O) groups excluding carboxylic acids is 1. The zero-order valence-electron chi connectivity index (χ0n) is 10.0. The third-order valence-electron chi connectivity index (χ3n) is 4.28. The number of methoxy groups -OCH3 is 1. The molecular weight excluding hydrogens is 214 g/mol. The monoisotopic (exact) mass is 231 g/mol. The number of piperidine rings is 2. The molecule has 2 saturated heterocycles. The number of carbonyl (C=O) groups is 1. The number of esters is 1. The van der Waals surface area contributed by atoms with Crippen molar-refractivity contribution in [1.82, 2.24) is 5.32 Å². The Morgan fingerprint density at radius 3 is 2.59 bits per heavy atom. The lowest BCUT2D eigenvalue weighted by atomic mass is 9.48. The van der Waals surface area contributed by atoms with Crippen molar-refractivity contribution in [1.29, 1.82) is 0 Å². The minimum absolute atomic E-state index is 0.0590. The lowest BCUT2D eigenvalue weighted by Crippen LogP contribution is -2.67. The minimum atomic E-state index is -0.275. The largest absolute Gasteiger partial charge is 0.469 e. The molecule has 3 heteroatoms. The van der Waals surface area contributed by atoms with Crippen LogP contribution >= 0.6 is 0 Å². The standard InChI is InChI=1S/C14H17NO2/c1-17-12(16)14-7-13(8-14,9-15-10-14)11-5-3-2-4-6-11/h2-6,15H,7-10H2,1H3. The molecule has 0 unspecified atom stereocenters. The summed E-state index contributed by atoms with van der Waals surface area (Å²) in [6.45, 7) is 1.73. The van der Waals surface area contributed by atoms with Crippen LogP contribution in [-0.4, -0.2) is 26.2 Å². The van der Waals surface area contributed by atoms with Crippen molar-refractivity contribution in [3.8, 4) is 0 Å². The number of fused-ring (bicyclic) bond motifs is 2. The maximum absolute atomic E-state index is 11.8. The summed E-state index contributed by atoms with van der Waals surface area (Å²) in [5.74, 6) is -0.0590. The molecule has 4 rings (SSSR count). The summed E-state index contributed by atoms with van der Waals surface area (Å²) >= 11 is 0. The van der Waals surface area contributed by atoms with Crippen LogP contribution in [0.2, 0.25) is 0 Å². The summed E-state index contributed by atoms with van der Waals surface area (Å²) in [6.07, 6.45) is 1.84. The number of nitrogens with one attached hydrogen (secondary N) is 1. The molecule has 17 heavy (non-hydrogen) atoms. The van der Waals surface area contributed by atoms with Gasteiger partial charge in [-0.05, 0) is 18.4 Å². The van der Waals surface area contributed by atoms with Gasteiger partial charge < -0.3 is 10.1 Å². The van der Waals surface area contributed by atoms with E-state index in [1.54, 1.807) is 0 Å². The van der Waals surface area contributed by atoms with E-state index in [9.17, 15) is 4.79 Å². The second kappa shape index (κ2) is 3.57. The number of benzene rings is 1. The van der Waals surface area contributed by atoms with Crippen LogP contribution in [0.25, 0.3) is 0 Å². The highest BCUT2D eigenvalue weighted by molar-refractivity contribution is 5.80. The molecule has 0 spiro atoms. The predicted molar refractivity (Wildman–Crippen MR) is 64.7 cm³/mol. The second-order valence-electron chi connectivity index (χ2n) is 5.38. The molecule has 3 fully saturated rings. The third-order valence-corrected chi connectivity index (χ3v) is 4.28. The highest BCUT2D eigenvalue weighted by atomic mass is 16.5. The van der Waals surface area contributed by atoms with Crippen LogP contribution in [0.3, 0.4) is 0 Å². The fourth-order valence-corrected chi connectivity index (χ4v) is 3.57. The molecule has 3 nitrogen and oxygen atoms in total. The first-order valence-corrected chi connectivity index (χ1v) is 6.06. The van der Waals surface area contributed by atoms with Gasteiger partial charge in [-0.25, -0.2) is 0 Å². The van der Waals surface area contributed by atoms with Gasteiger partial charge in [0.25, 0.3) is 0 Å². The van der Waals surface area contributed by atoms with Crippen LogP contribution in [0.4, 0.5) is 0 Å². The average Bonchev–Trinajstić information content (AvgIpc) is 2.38. The van der Waals surface area contributed by atoms with Crippen molar-refractivity contribution in [3.05, 3.63) is 35.9 Å². The molecule has 2 bridgehead atoms. The maximum Gasteiger partial charge on any atom is 0.313 e. The molecule has 0 radical (unpaired) electrons. The van der Waals surface area contributed by atoms with Gasteiger partial charge in [0.2, 0.25) is 0 Å². The molecule has 0 amide bonds. The average molecular weight is 231 g/mol. The summed E-state index contributed by atoms with van der Waals surface area (Å²) < 4.78 is 4.93. The van der Waals surface area contributed by atoms with Crippen LogP contribution in [0.5, 0.6) is 0 Å². The number of rotatable bonds is 2. The zero-order valence-corrected chi connectivity index (χ0v) is 10.0. The van der Waals surface area contributed by atoms with Crippen LogP contribution in [0.15, 0.2) is 30.3 Å². The third kappa shape index (κ3) is 1.42. The van der Waals surface area contributed by atoms with Crippen LogP contribution in [0.1, 0.15) is 18.4 Å². The Morgan fingerprint density at radius 2 is 1.94 bits per heavy atom. The van der Waals surface area contributed by atoms with Gasteiger partial charge in [0.05, 0.1) is 12.5 Å². The minimum Gasteiger partial charge on any atom is -0.469 e. The summed E-state index contributed by atoms with van der Waals surface area (Å²) in [7, 11) is 1.48. The van der Waals surface area contributed by atoms with E-state index in [-0.39, 0.29) is 16.8 Å². The first-order chi connectivity index (χ1) is 8.21. The van der Waals surface area contributed by atoms with Crippen molar-refractivity contribution in [3.63, 3.8) is 0 Å². The molecule has 1 aromatic rings. The zero-order chi connectivity index (χ0) is 11.9. The first kappa shape index (κ1) is 10.8. The Kier molecular flexibility index (Phi) is 2.26. The molecule has 2 heterocycles. The van der Waals surface area contributed by atoms with Gasteiger partial charge in [0.1, 0.15) is 0 Å². The number of hydrogen-bond donors (Lipinski definition) is 1. The summed E-state index contributed by atoms with van der Waals surface area (Å²) in [5, 5.41) is 3.38. The Hall–Kier alpha value is -1.35. The molecule has 0 atom stereocenters. The molecule has 90 valence electrons. The summed E-state index contributed by atoms with van der Waals surface area (Å²) in [4.78, 5) is 11.8. The van der Waals surface area contributed by atoms with E-state index in [0.717, 1.165) is 25.9 Å². The van der Waals surface area contributed by atoms with Gasteiger partial charge >= 0.3 is 5.97 Å². The van der Waals surface area contributed by atoms with Crippen molar-refractivity contribution >= 4 is 5.97 Å². The smallest absolute Gasteiger partial charge is 0.313 e. The summed E-state index contributed by atoms with van der Waals surface area (Å²) in [6, 6.07) is 10.5. The molecule has 1 N–H and O–H groups in total. The van der Waals surface area contributed by atoms with Gasteiger partial charge in [0.15, 0.2) is 0 Å². The van der Waals surface area contributed by atoms with Crippen molar-refractivity contribution < 1.29 is 9.53 Å². The molecule has 0 aromatic heterocycles. The quantitative estimate of drug-likeness (QED) is 0.784. The molecule has 1 saturated carbocycles. The van der Waals surface area contributed by atoms with Crippen molar-refractivity contribution in [2.75, 3.05) is 20.2 Å². The fraction of sp³-hybridized carbons (Fsp3) is 0.500. The van der Waals surface area contributed by atoms with Crippen LogP contribution in [0, 0.1) is 5.41 Å². The lowest BCUT2D eigenvalue weighted by Gasteiger charge is -2.59. The normalized spacial score (nSPS) is 34.9. The molecular formula is C14H17NO2. The number of hydrogen-bond acceptors (Lipinski definition) is 3. The van der Waals surface area contributed by atoms with E-state index in [2.05, 4.69) is 29.6 Å². The van der Waals surface area contributed by atoms with Gasteiger partial charge in [0, 0.05) is 18.5 Å². The molecule has 1 aromatic carbocycles. The fourth-order valence-electron chi connectivity index (χ4n) is 3.57. The van der Waals surface area contributed by atoms with Gasteiger partial charge in [-0.1, -0.05) is 30.3 Å². The Balaban J connectivity index is 1.88. The van der Waals surface area contributed by atoms with Crippen LogP contribution < -0.4 is 5.32 Å². The van der Waals surface area contributed by atoms with E-state index in [1.165, 1.54) is 12.7 Å². The van der Waals surface area contributed by atoms with E-state index < -0.39 is 0 Å². The van der Waals surface area contributed by atoms with Crippen LogP contribution in [-0.2, 0) is 14.9 Å². The van der Waals surface area contributed by atoms with E-state index in [1.807, 2.05) is 6.07 Å². The lowest BCUT2D eigenvalue weighted by molar-refractivity contribution is -0.167. The molecule has 3 aliphatic rings. The highest BCUT2D eigenvalue weighted by Gasteiger charge is 2.62. The van der Waals surface area contributed by atoms with E-state index in [4.69, 9.17) is 4.74 Å². The second-order valence-corrected chi connectivity index (χ2v) is 5.38. The maximum atomic E-state index is 11.8. The Labute approximate surface area is 101 Å². The van der Waals surface area contributed by atoms with Crippen molar-refractivity contribution in [2.24, 2.45) is 5.41 Å². The topological polar surface area (TPSA) is 38.3 Å². The summed E-state index contributed by atoms with van der Waals surface area (Å²) in [5.41, 5.74) is 1.21. The van der Waals surface area contributed by atoms with Crippen molar-refractivity contribution in [2.45, 2.75) is 18.3 Å². The molecule has 2 aliphatic heterocycles. The Bertz CT molecular complexity index is 435. The van der Waals surface area contributed by atoms with Gasteiger partial charge in [-0.3, -0.25) is 4.79 Å². The van der Waals surface area contributed by atoms with Gasteiger partial charge in [-0.15, -0.1) is 0 Å². The van der Waals surface area contributed by atoms with Gasteiger partial charge in [-0.2, -0.15) is 0 Å². The number of ether oxygens (including phenoxy) is 1. The van der Waals surface area contributed by atoms with E-state index >= 15 is 0 Å². The highest BCUT2D eigenvalue weighted by Crippen LogP contribution is 2.58. The first-order valence-electron chi connectivity index (χ1n) is 6.06. The Morgan fingerprint density at radius 1 is 1.24 bits per heavy atom. The SMILES string of the molecule is COC(=O)C12CNCC(c3ccccc3)(C1)C2. The molecule has 1 aliphatic carbocycles. The predicted octanol–water partition coefficient (Wildman–Crippen LogP) is 1.48.